The molecular weight excluding hydrogens is 274 g/mol. The highest BCUT2D eigenvalue weighted by atomic mass is 16.6. The lowest BCUT2D eigenvalue weighted by Crippen LogP contribution is -2.46. The molecule has 8 nitrogen and oxygen atoms in total. The average molecular weight is 289 g/mol. The fourth-order valence-corrected chi connectivity index (χ4v) is 2.33. The fraction of sp³-hybridized carbons (Fsp3) is 0.385. The van der Waals surface area contributed by atoms with Crippen LogP contribution in [0.15, 0.2) is 35.0 Å². The SMILES string of the molecule is O=[N+]([O-])c1ccc(CN2CCN(c3ncccn3)CC2)o1. The molecule has 8 heteroatoms. The molecule has 1 aliphatic rings. The van der Waals surface area contributed by atoms with Crippen molar-refractivity contribution < 1.29 is 9.34 Å². The Bertz CT molecular complexity index is 607. The molecule has 0 spiro atoms. The van der Waals surface area contributed by atoms with E-state index in [1.54, 1.807) is 24.5 Å². The van der Waals surface area contributed by atoms with E-state index >= 15 is 0 Å². The Hall–Kier alpha value is -2.48. The third-order valence-electron chi connectivity index (χ3n) is 3.41. The van der Waals surface area contributed by atoms with Crippen molar-refractivity contribution in [2.75, 3.05) is 31.1 Å². The van der Waals surface area contributed by atoms with E-state index in [1.165, 1.54) is 6.07 Å². The zero-order valence-electron chi connectivity index (χ0n) is 11.4. The molecule has 1 aliphatic heterocycles. The van der Waals surface area contributed by atoms with Crippen LogP contribution in [0.3, 0.4) is 0 Å². The van der Waals surface area contributed by atoms with Crippen LogP contribution in [0, 0.1) is 10.1 Å². The normalized spacial score (nSPS) is 16.1. The summed E-state index contributed by atoms with van der Waals surface area (Å²) >= 11 is 0. The van der Waals surface area contributed by atoms with Crippen molar-refractivity contribution >= 4 is 11.8 Å². The lowest BCUT2D eigenvalue weighted by molar-refractivity contribution is -0.402. The van der Waals surface area contributed by atoms with Crippen molar-refractivity contribution in [3.05, 3.63) is 46.5 Å². The summed E-state index contributed by atoms with van der Waals surface area (Å²) in [7, 11) is 0. The summed E-state index contributed by atoms with van der Waals surface area (Å²) < 4.78 is 5.18. The lowest BCUT2D eigenvalue weighted by atomic mass is 10.3. The third-order valence-corrected chi connectivity index (χ3v) is 3.41. The first-order valence-electron chi connectivity index (χ1n) is 6.70. The first-order chi connectivity index (χ1) is 10.2. The number of aromatic nitrogens is 2. The lowest BCUT2D eigenvalue weighted by Gasteiger charge is -2.34. The predicted octanol–water partition coefficient (Wildman–Crippen LogP) is 1.30. The van der Waals surface area contributed by atoms with Crippen LogP contribution in [0.5, 0.6) is 0 Å². The highest BCUT2D eigenvalue weighted by Gasteiger charge is 2.20. The quantitative estimate of drug-likeness (QED) is 0.619. The summed E-state index contributed by atoms with van der Waals surface area (Å²) in [6, 6.07) is 4.85. The van der Waals surface area contributed by atoms with Crippen molar-refractivity contribution in [2.24, 2.45) is 0 Å². The minimum atomic E-state index is -0.520. The second-order valence-corrected chi connectivity index (χ2v) is 4.81. The number of anilines is 1. The minimum absolute atomic E-state index is 0.207. The van der Waals surface area contributed by atoms with Gasteiger partial charge in [0, 0.05) is 38.6 Å². The maximum Gasteiger partial charge on any atom is 0.433 e. The molecule has 0 aromatic carbocycles. The van der Waals surface area contributed by atoms with Crippen LogP contribution in [0.1, 0.15) is 5.76 Å². The first kappa shape index (κ1) is 13.5. The van der Waals surface area contributed by atoms with Crippen LogP contribution in [0.25, 0.3) is 0 Å². The Morgan fingerprint density at radius 2 is 1.90 bits per heavy atom. The molecule has 0 unspecified atom stereocenters. The van der Waals surface area contributed by atoms with E-state index in [2.05, 4.69) is 19.8 Å². The molecule has 110 valence electrons. The monoisotopic (exact) mass is 289 g/mol. The first-order valence-corrected chi connectivity index (χ1v) is 6.70. The molecule has 0 aliphatic carbocycles. The van der Waals surface area contributed by atoms with E-state index in [9.17, 15) is 10.1 Å². The molecule has 3 heterocycles. The number of furan rings is 1. The fourth-order valence-electron chi connectivity index (χ4n) is 2.33. The average Bonchev–Trinajstić information content (AvgIpc) is 2.98. The van der Waals surface area contributed by atoms with Gasteiger partial charge < -0.3 is 9.32 Å². The van der Waals surface area contributed by atoms with Gasteiger partial charge in [0.2, 0.25) is 5.95 Å². The maximum atomic E-state index is 10.6. The Kier molecular flexibility index (Phi) is 3.78. The Morgan fingerprint density at radius 3 is 2.52 bits per heavy atom. The van der Waals surface area contributed by atoms with Crippen molar-refractivity contribution in [1.29, 1.82) is 0 Å². The van der Waals surface area contributed by atoms with E-state index in [0.29, 0.717) is 12.3 Å². The van der Waals surface area contributed by atoms with E-state index in [4.69, 9.17) is 4.42 Å². The van der Waals surface area contributed by atoms with Gasteiger partial charge in [-0.05, 0) is 12.1 Å². The molecule has 1 saturated heterocycles. The highest BCUT2D eigenvalue weighted by Crippen LogP contribution is 2.18. The van der Waals surface area contributed by atoms with Crippen molar-refractivity contribution in [1.82, 2.24) is 14.9 Å². The molecule has 2 aromatic rings. The van der Waals surface area contributed by atoms with Crippen LogP contribution < -0.4 is 4.90 Å². The zero-order chi connectivity index (χ0) is 14.7. The number of nitro groups is 1. The largest absolute Gasteiger partial charge is 0.433 e. The van der Waals surface area contributed by atoms with E-state index in [-0.39, 0.29) is 5.88 Å². The van der Waals surface area contributed by atoms with Gasteiger partial charge in [0.05, 0.1) is 12.6 Å². The molecular formula is C13H15N5O3. The van der Waals surface area contributed by atoms with Gasteiger partial charge in [-0.1, -0.05) is 0 Å². The number of hydrogen-bond donors (Lipinski definition) is 0. The predicted molar refractivity (Wildman–Crippen MR) is 74.9 cm³/mol. The molecule has 0 radical (unpaired) electrons. The van der Waals surface area contributed by atoms with Crippen LogP contribution >= 0.6 is 0 Å². The second kappa shape index (κ2) is 5.88. The van der Waals surface area contributed by atoms with E-state index in [1.807, 2.05) is 0 Å². The summed E-state index contributed by atoms with van der Waals surface area (Å²) in [5.74, 6) is 1.15. The molecule has 0 amide bonds. The standard InChI is InChI=1S/C13H15N5O3/c19-18(20)12-3-2-11(21-12)10-16-6-8-17(9-7-16)13-14-4-1-5-15-13/h1-5H,6-10H2. The van der Waals surface area contributed by atoms with E-state index < -0.39 is 4.92 Å². The number of rotatable bonds is 4. The number of piperazine rings is 1. The Morgan fingerprint density at radius 1 is 1.19 bits per heavy atom. The second-order valence-electron chi connectivity index (χ2n) is 4.81. The van der Waals surface area contributed by atoms with Crippen LogP contribution in [-0.4, -0.2) is 46.0 Å². The van der Waals surface area contributed by atoms with Gasteiger partial charge >= 0.3 is 5.88 Å². The van der Waals surface area contributed by atoms with Crippen LogP contribution in [0.2, 0.25) is 0 Å². The molecule has 0 saturated carbocycles. The minimum Gasteiger partial charge on any atom is -0.404 e. The van der Waals surface area contributed by atoms with Gasteiger partial charge in [-0.25, -0.2) is 9.97 Å². The number of nitrogens with zero attached hydrogens (tertiary/aromatic N) is 5. The molecule has 1 fully saturated rings. The van der Waals surface area contributed by atoms with Gasteiger partial charge in [-0.3, -0.25) is 15.0 Å². The van der Waals surface area contributed by atoms with Gasteiger partial charge in [-0.2, -0.15) is 0 Å². The molecule has 0 N–H and O–H groups in total. The van der Waals surface area contributed by atoms with Crippen LogP contribution in [0.4, 0.5) is 11.8 Å². The van der Waals surface area contributed by atoms with Crippen molar-refractivity contribution in [2.45, 2.75) is 6.54 Å². The van der Waals surface area contributed by atoms with Crippen LogP contribution in [-0.2, 0) is 6.54 Å². The Balaban J connectivity index is 1.55. The summed E-state index contributed by atoms with van der Waals surface area (Å²) in [6.45, 7) is 3.91. The molecule has 0 bridgehead atoms. The van der Waals surface area contributed by atoms with E-state index in [0.717, 1.165) is 32.1 Å². The summed E-state index contributed by atoms with van der Waals surface area (Å²) in [4.78, 5) is 22.9. The van der Waals surface area contributed by atoms with Gasteiger partial charge in [-0.15, -0.1) is 0 Å². The smallest absolute Gasteiger partial charge is 0.404 e. The topological polar surface area (TPSA) is 88.5 Å². The van der Waals surface area contributed by atoms with Crippen molar-refractivity contribution in [3.63, 3.8) is 0 Å². The molecule has 3 rings (SSSR count). The van der Waals surface area contributed by atoms with Gasteiger partial charge in [0.1, 0.15) is 10.7 Å². The van der Waals surface area contributed by atoms with Gasteiger partial charge in [0.25, 0.3) is 0 Å². The molecule has 0 atom stereocenters. The summed E-state index contributed by atoms with van der Waals surface area (Å²) in [6.07, 6.45) is 3.47. The Labute approximate surface area is 121 Å². The van der Waals surface area contributed by atoms with Crippen molar-refractivity contribution in [3.8, 4) is 0 Å². The van der Waals surface area contributed by atoms with Gasteiger partial charge in [0.15, 0.2) is 0 Å². The summed E-state index contributed by atoms with van der Waals surface area (Å²) in [5, 5.41) is 10.6. The zero-order valence-corrected chi connectivity index (χ0v) is 11.4. The number of hydrogen-bond acceptors (Lipinski definition) is 7. The molecule has 2 aromatic heterocycles. The maximum absolute atomic E-state index is 10.6. The highest BCUT2D eigenvalue weighted by molar-refractivity contribution is 5.29. The summed E-state index contributed by atoms with van der Waals surface area (Å²) in [5.41, 5.74) is 0. The third kappa shape index (κ3) is 3.16. The molecule has 21 heavy (non-hydrogen) atoms.